The maximum absolute atomic E-state index is 11.2. The van der Waals surface area contributed by atoms with Gasteiger partial charge in [0.15, 0.2) is 0 Å². The zero-order chi connectivity index (χ0) is 10.7. The summed E-state index contributed by atoms with van der Waals surface area (Å²) in [6.07, 6.45) is 9.17. The third kappa shape index (κ3) is 1.86. The summed E-state index contributed by atoms with van der Waals surface area (Å²) in [7, 11) is 0. The van der Waals surface area contributed by atoms with Crippen LogP contribution < -0.4 is 0 Å². The number of hydrogen-bond donors (Lipinski definition) is 0. The third-order valence-corrected chi connectivity index (χ3v) is 3.72. The molecule has 2 heteroatoms. The number of carbonyl (C=O) groups excluding carboxylic acids is 1. The highest BCUT2D eigenvalue weighted by Gasteiger charge is 2.31. The van der Waals surface area contributed by atoms with Gasteiger partial charge in [-0.1, -0.05) is 24.3 Å². The molecule has 1 aromatic carbocycles. The Kier molecular flexibility index (Phi) is 2.96. The SMILES string of the molecule is CSc1ccc(C2(C=O)C=CCC2)cc1. The van der Waals surface area contributed by atoms with E-state index in [-0.39, 0.29) is 5.41 Å². The van der Waals surface area contributed by atoms with E-state index in [2.05, 4.69) is 36.6 Å². The molecule has 1 aliphatic carbocycles. The van der Waals surface area contributed by atoms with Crippen molar-refractivity contribution >= 4 is 18.0 Å². The number of thioether (sulfide) groups is 1. The Balaban J connectivity index is 2.35. The monoisotopic (exact) mass is 218 g/mol. The smallest absolute Gasteiger partial charge is 0.134 e. The van der Waals surface area contributed by atoms with Crippen molar-refractivity contribution in [2.75, 3.05) is 6.26 Å². The summed E-state index contributed by atoms with van der Waals surface area (Å²) in [5.74, 6) is 0. The first-order valence-electron chi connectivity index (χ1n) is 5.09. The second kappa shape index (κ2) is 4.23. The minimum absolute atomic E-state index is 0.350. The molecule has 0 amide bonds. The van der Waals surface area contributed by atoms with Crippen LogP contribution in [-0.2, 0) is 10.2 Å². The lowest BCUT2D eigenvalue weighted by Crippen LogP contribution is -2.22. The minimum Gasteiger partial charge on any atom is -0.302 e. The fourth-order valence-electron chi connectivity index (χ4n) is 2.01. The van der Waals surface area contributed by atoms with Crippen molar-refractivity contribution in [1.29, 1.82) is 0 Å². The Bertz CT molecular complexity index is 380. The van der Waals surface area contributed by atoms with E-state index in [1.165, 1.54) is 4.90 Å². The van der Waals surface area contributed by atoms with Gasteiger partial charge in [-0.15, -0.1) is 11.8 Å². The van der Waals surface area contributed by atoms with Gasteiger partial charge in [0.1, 0.15) is 6.29 Å². The molecular formula is C13H14OS. The van der Waals surface area contributed by atoms with Crippen LogP contribution >= 0.6 is 11.8 Å². The van der Waals surface area contributed by atoms with Crippen molar-refractivity contribution < 1.29 is 4.79 Å². The molecule has 0 bridgehead atoms. The molecule has 1 aliphatic rings. The van der Waals surface area contributed by atoms with Gasteiger partial charge in [-0.3, -0.25) is 0 Å². The van der Waals surface area contributed by atoms with E-state index in [1.807, 2.05) is 6.08 Å². The van der Waals surface area contributed by atoms with E-state index in [0.717, 1.165) is 24.7 Å². The van der Waals surface area contributed by atoms with Crippen molar-refractivity contribution in [3.8, 4) is 0 Å². The van der Waals surface area contributed by atoms with Crippen molar-refractivity contribution in [1.82, 2.24) is 0 Å². The molecule has 0 saturated carbocycles. The Morgan fingerprint density at radius 1 is 1.33 bits per heavy atom. The molecule has 78 valence electrons. The van der Waals surface area contributed by atoms with Crippen molar-refractivity contribution in [3.05, 3.63) is 42.0 Å². The van der Waals surface area contributed by atoms with Crippen LogP contribution in [0.1, 0.15) is 18.4 Å². The van der Waals surface area contributed by atoms with Crippen LogP contribution in [0, 0.1) is 0 Å². The lowest BCUT2D eigenvalue weighted by Gasteiger charge is -2.20. The highest BCUT2D eigenvalue weighted by atomic mass is 32.2. The fourth-order valence-corrected chi connectivity index (χ4v) is 2.42. The van der Waals surface area contributed by atoms with Gasteiger partial charge in [0.05, 0.1) is 5.41 Å². The summed E-state index contributed by atoms with van der Waals surface area (Å²) >= 11 is 1.72. The molecule has 2 rings (SSSR count). The zero-order valence-corrected chi connectivity index (χ0v) is 9.59. The maximum atomic E-state index is 11.2. The predicted octanol–water partition coefficient (Wildman–Crippen LogP) is 3.20. The van der Waals surface area contributed by atoms with Crippen molar-refractivity contribution in [2.45, 2.75) is 23.2 Å². The number of carbonyl (C=O) groups is 1. The van der Waals surface area contributed by atoms with E-state index in [9.17, 15) is 4.79 Å². The summed E-state index contributed by atoms with van der Waals surface area (Å²) in [5.41, 5.74) is 0.765. The van der Waals surface area contributed by atoms with E-state index in [1.54, 1.807) is 11.8 Å². The van der Waals surface area contributed by atoms with E-state index < -0.39 is 0 Å². The van der Waals surface area contributed by atoms with Gasteiger partial charge < -0.3 is 4.79 Å². The normalized spacial score (nSPS) is 24.3. The Morgan fingerprint density at radius 2 is 2.07 bits per heavy atom. The van der Waals surface area contributed by atoms with E-state index in [4.69, 9.17) is 0 Å². The molecule has 1 aromatic rings. The quantitative estimate of drug-likeness (QED) is 0.440. The second-order valence-corrected chi connectivity index (χ2v) is 4.71. The average molecular weight is 218 g/mol. The molecule has 0 radical (unpaired) electrons. The molecule has 1 unspecified atom stereocenters. The first-order valence-corrected chi connectivity index (χ1v) is 6.32. The largest absolute Gasteiger partial charge is 0.302 e. The zero-order valence-electron chi connectivity index (χ0n) is 8.77. The Hall–Kier alpha value is -1.02. The van der Waals surface area contributed by atoms with Crippen molar-refractivity contribution in [2.24, 2.45) is 0 Å². The number of aldehydes is 1. The fraction of sp³-hybridized carbons (Fsp3) is 0.308. The molecule has 0 fully saturated rings. The number of allylic oxidation sites excluding steroid dienone is 2. The highest BCUT2D eigenvalue weighted by molar-refractivity contribution is 7.98. The lowest BCUT2D eigenvalue weighted by molar-refractivity contribution is -0.111. The summed E-state index contributed by atoms with van der Waals surface area (Å²) in [6.45, 7) is 0. The summed E-state index contributed by atoms with van der Waals surface area (Å²) in [6, 6.07) is 8.29. The molecule has 0 heterocycles. The molecule has 1 atom stereocenters. The van der Waals surface area contributed by atoms with Gasteiger partial charge >= 0.3 is 0 Å². The standard InChI is InChI=1S/C13H14OS/c1-15-12-6-4-11(5-7-12)13(10-14)8-2-3-9-13/h2,4-8,10H,3,9H2,1H3. The molecule has 0 aromatic heterocycles. The summed E-state index contributed by atoms with van der Waals surface area (Å²) < 4.78 is 0. The maximum Gasteiger partial charge on any atom is 0.134 e. The van der Waals surface area contributed by atoms with Gasteiger partial charge in [-0.25, -0.2) is 0 Å². The first-order chi connectivity index (χ1) is 7.30. The summed E-state index contributed by atoms with van der Waals surface area (Å²) in [4.78, 5) is 12.5. The van der Waals surface area contributed by atoms with Crippen LogP contribution in [0.15, 0.2) is 41.3 Å². The lowest BCUT2D eigenvalue weighted by atomic mass is 9.82. The molecule has 0 saturated heterocycles. The van der Waals surface area contributed by atoms with Gasteiger partial charge in [0, 0.05) is 4.90 Å². The summed E-state index contributed by atoms with van der Waals surface area (Å²) in [5, 5.41) is 0. The first kappa shape index (κ1) is 10.5. The van der Waals surface area contributed by atoms with Crippen LogP contribution in [0.2, 0.25) is 0 Å². The van der Waals surface area contributed by atoms with Crippen LogP contribution in [-0.4, -0.2) is 12.5 Å². The van der Waals surface area contributed by atoms with Gasteiger partial charge in [0.25, 0.3) is 0 Å². The van der Waals surface area contributed by atoms with Crippen LogP contribution in [0.5, 0.6) is 0 Å². The molecule has 0 spiro atoms. The molecular weight excluding hydrogens is 204 g/mol. The molecule has 0 N–H and O–H groups in total. The molecule has 1 nitrogen and oxygen atoms in total. The predicted molar refractivity (Wildman–Crippen MR) is 64.3 cm³/mol. The van der Waals surface area contributed by atoms with Crippen molar-refractivity contribution in [3.63, 3.8) is 0 Å². The number of benzene rings is 1. The highest BCUT2D eigenvalue weighted by Crippen LogP contribution is 2.34. The topological polar surface area (TPSA) is 17.1 Å². The molecule has 15 heavy (non-hydrogen) atoms. The van der Waals surface area contributed by atoms with E-state index >= 15 is 0 Å². The van der Waals surface area contributed by atoms with Gasteiger partial charge in [-0.2, -0.15) is 0 Å². The van der Waals surface area contributed by atoms with Gasteiger partial charge in [-0.05, 0) is 36.8 Å². The van der Waals surface area contributed by atoms with E-state index in [0.29, 0.717) is 0 Å². The Labute approximate surface area is 94.6 Å². The molecule has 0 aliphatic heterocycles. The number of rotatable bonds is 3. The number of hydrogen-bond acceptors (Lipinski definition) is 2. The Morgan fingerprint density at radius 3 is 2.53 bits per heavy atom. The average Bonchev–Trinajstić information content (AvgIpc) is 2.79. The minimum atomic E-state index is -0.350. The van der Waals surface area contributed by atoms with Gasteiger partial charge in [0.2, 0.25) is 0 Å². The van der Waals surface area contributed by atoms with Crippen LogP contribution in [0.4, 0.5) is 0 Å². The third-order valence-electron chi connectivity index (χ3n) is 2.98. The van der Waals surface area contributed by atoms with Crippen LogP contribution in [0.25, 0.3) is 0 Å². The second-order valence-electron chi connectivity index (χ2n) is 3.83. The van der Waals surface area contributed by atoms with Crippen LogP contribution in [0.3, 0.4) is 0 Å².